The van der Waals surface area contributed by atoms with E-state index >= 15 is 0 Å². The molecule has 0 aromatic heterocycles. The minimum Gasteiger partial charge on any atom is -0.490 e. The lowest BCUT2D eigenvalue weighted by Crippen LogP contribution is -2.17. The second-order valence-corrected chi connectivity index (χ2v) is 8.04. The molecule has 29 heavy (non-hydrogen) atoms. The fourth-order valence-corrected chi connectivity index (χ4v) is 3.51. The summed E-state index contributed by atoms with van der Waals surface area (Å²) < 4.78 is 31.9. The van der Waals surface area contributed by atoms with Gasteiger partial charge in [0.15, 0.2) is 11.5 Å². The van der Waals surface area contributed by atoms with E-state index in [1.54, 1.807) is 12.1 Å². The van der Waals surface area contributed by atoms with Crippen LogP contribution in [0, 0.1) is 5.82 Å². The molecule has 0 unspecified atom stereocenters. The maximum absolute atomic E-state index is 14.0. The predicted molar refractivity (Wildman–Crippen MR) is 118 cm³/mol. The zero-order chi connectivity index (χ0) is 21.2. The molecule has 160 valence electrons. The second kappa shape index (κ2) is 12.4. The Morgan fingerprint density at radius 2 is 2.00 bits per heavy atom. The molecule has 0 saturated heterocycles. The van der Waals surface area contributed by atoms with Crippen molar-refractivity contribution in [2.24, 2.45) is 0 Å². The first-order chi connectivity index (χ1) is 13.9. The summed E-state index contributed by atoms with van der Waals surface area (Å²) in [5.74, 6) is 0.739. The maximum atomic E-state index is 14.0. The largest absolute Gasteiger partial charge is 0.490 e. The Hall–Kier alpha value is -1.34. The summed E-state index contributed by atoms with van der Waals surface area (Å²) >= 11 is 9.64. The average molecular weight is 489 g/mol. The molecule has 0 atom stereocenters. The Kier molecular flexibility index (Phi) is 10.2. The van der Waals surface area contributed by atoms with Gasteiger partial charge in [0, 0.05) is 18.7 Å². The van der Waals surface area contributed by atoms with E-state index in [4.69, 9.17) is 25.8 Å². The van der Waals surface area contributed by atoms with Gasteiger partial charge in [-0.1, -0.05) is 17.7 Å². The average Bonchev–Trinajstić information content (AvgIpc) is 2.66. The Morgan fingerprint density at radius 3 is 2.69 bits per heavy atom. The van der Waals surface area contributed by atoms with Gasteiger partial charge in [-0.25, -0.2) is 4.39 Å². The number of hydrogen-bond donors (Lipinski definition) is 1. The Morgan fingerprint density at radius 1 is 1.21 bits per heavy atom. The van der Waals surface area contributed by atoms with Gasteiger partial charge in [0.2, 0.25) is 0 Å². The third kappa shape index (κ3) is 7.78. The maximum Gasteiger partial charge on any atom is 0.175 e. The highest BCUT2D eigenvalue weighted by Crippen LogP contribution is 2.38. The standard InChI is InChI=1S/C22H28BrClFNO3/c1-4-27-21-12-16(13-26-9-6-10-28-15(2)3)11-18(23)22(21)29-14-17-19(24)7-5-8-20(17)25/h5,7-8,11-12,15,26H,4,6,9-10,13-14H2,1-3H3. The molecule has 0 aliphatic rings. The van der Waals surface area contributed by atoms with Gasteiger partial charge in [0.05, 0.1) is 22.2 Å². The lowest BCUT2D eigenvalue weighted by Gasteiger charge is -2.16. The molecule has 0 radical (unpaired) electrons. The summed E-state index contributed by atoms with van der Waals surface area (Å²) in [5, 5.41) is 3.73. The molecule has 0 aliphatic carbocycles. The van der Waals surface area contributed by atoms with Crippen molar-refractivity contribution in [3.05, 3.63) is 56.8 Å². The zero-order valence-electron chi connectivity index (χ0n) is 17.1. The van der Waals surface area contributed by atoms with E-state index < -0.39 is 5.82 Å². The van der Waals surface area contributed by atoms with Crippen molar-refractivity contribution < 1.29 is 18.6 Å². The Labute approximate surface area is 185 Å². The first kappa shape index (κ1) is 23.9. The van der Waals surface area contributed by atoms with Gasteiger partial charge in [-0.2, -0.15) is 0 Å². The summed E-state index contributed by atoms with van der Waals surface area (Å²) in [6, 6.07) is 8.48. The van der Waals surface area contributed by atoms with Gasteiger partial charge in [0.25, 0.3) is 0 Å². The first-order valence-corrected chi connectivity index (χ1v) is 10.9. The van der Waals surface area contributed by atoms with Crippen molar-refractivity contribution >= 4 is 27.5 Å². The van der Waals surface area contributed by atoms with E-state index in [0.717, 1.165) is 29.6 Å². The molecule has 0 fully saturated rings. The fraction of sp³-hybridized carbons (Fsp3) is 0.455. The normalized spacial score (nSPS) is 11.1. The molecule has 2 aromatic carbocycles. The third-order valence-corrected chi connectivity index (χ3v) is 5.01. The molecule has 1 N–H and O–H groups in total. The van der Waals surface area contributed by atoms with Crippen LogP contribution in [0.15, 0.2) is 34.8 Å². The zero-order valence-corrected chi connectivity index (χ0v) is 19.4. The minimum absolute atomic E-state index is 0.0115. The first-order valence-electron chi connectivity index (χ1n) is 9.75. The van der Waals surface area contributed by atoms with Gasteiger partial charge >= 0.3 is 0 Å². The Bertz CT molecular complexity index is 769. The van der Waals surface area contributed by atoms with E-state index in [1.807, 2.05) is 32.9 Å². The minimum atomic E-state index is -0.395. The van der Waals surface area contributed by atoms with Crippen LogP contribution in [0.5, 0.6) is 11.5 Å². The van der Waals surface area contributed by atoms with Crippen molar-refractivity contribution in [1.82, 2.24) is 5.32 Å². The number of halogens is 3. The van der Waals surface area contributed by atoms with Crippen LogP contribution >= 0.6 is 27.5 Å². The number of nitrogens with one attached hydrogen (secondary N) is 1. The summed E-state index contributed by atoms with van der Waals surface area (Å²) in [6.45, 7) is 8.77. The van der Waals surface area contributed by atoms with Crippen LogP contribution in [0.4, 0.5) is 4.39 Å². The molecular formula is C22H28BrClFNO3. The highest BCUT2D eigenvalue weighted by Gasteiger charge is 2.15. The van der Waals surface area contributed by atoms with E-state index in [1.165, 1.54) is 6.07 Å². The quantitative estimate of drug-likeness (QED) is 0.365. The molecule has 0 saturated carbocycles. The van der Waals surface area contributed by atoms with E-state index in [2.05, 4.69) is 21.2 Å². The van der Waals surface area contributed by atoms with E-state index in [0.29, 0.717) is 35.2 Å². The fourth-order valence-electron chi connectivity index (χ4n) is 2.69. The molecule has 0 amide bonds. The van der Waals surface area contributed by atoms with Gasteiger partial charge < -0.3 is 19.5 Å². The van der Waals surface area contributed by atoms with Gasteiger partial charge in [-0.15, -0.1) is 0 Å². The Balaban J connectivity index is 2.01. The van der Waals surface area contributed by atoms with E-state index in [9.17, 15) is 4.39 Å². The third-order valence-electron chi connectivity index (χ3n) is 4.07. The lowest BCUT2D eigenvalue weighted by molar-refractivity contribution is 0.0770. The summed E-state index contributed by atoms with van der Waals surface area (Å²) in [7, 11) is 0. The van der Waals surface area contributed by atoms with E-state index in [-0.39, 0.29) is 12.7 Å². The van der Waals surface area contributed by atoms with Crippen molar-refractivity contribution in [3.63, 3.8) is 0 Å². The van der Waals surface area contributed by atoms with Crippen LogP contribution in [0.25, 0.3) is 0 Å². The molecule has 4 nitrogen and oxygen atoms in total. The van der Waals surface area contributed by atoms with Crippen molar-refractivity contribution in [2.75, 3.05) is 19.8 Å². The molecule has 0 spiro atoms. The van der Waals surface area contributed by atoms with Gasteiger partial charge in [-0.3, -0.25) is 0 Å². The van der Waals surface area contributed by atoms with Gasteiger partial charge in [0.1, 0.15) is 12.4 Å². The molecule has 2 rings (SSSR count). The topological polar surface area (TPSA) is 39.7 Å². The highest BCUT2D eigenvalue weighted by atomic mass is 79.9. The number of ether oxygens (including phenoxy) is 3. The summed E-state index contributed by atoms with van der Waals surface area (Å²) in [5.41, 5.74) is 1.37. The van der Waals surface area contributed by atoms with Crippen molar-refractivity contribution in [3.8, 4) is 11.5 Å². The van der Waals surface area contributed by atoms with Crippen molar-refractivity contribution in [2.45, 2.75) is 46.4 Å². The highest BCUT2D eigenvalue weighted by molar-refractivity contribution is 9.10. The molecule has 2 aromatic rings. The number of rotatable bonds is 12. The molecule has 0 aliphatic heterocycles. The number of benzene rings is 2. The van der Waals surface area contributed by atoms with Crippen LogP contribution in [0.2, 0.25) is 5.02 Å². The van der Waals surface area contributed by atoms with Crippen LogP contribution in [0.3, 0.4) is 0 Å². The molecular weight excluding hydrogens is 461 g/mol. The number of hydrogen-bond acceptors (Lipinski definition) is 4. The SMILES string of the molecule is CCOc1cc(CNCCCOC(C)C)cc(Br)c1OCc1c(F)cccc1Cl. The van der Waals surface area contributed by atoms with Crippen LogP contribution in [-0.4, -0.2) is 25.9 Å². The van der Waals surface area contributed by atoms with Crippen LogP contribution in [-0.2, 0) is 17.9 Å². The predicted octanol–water partition coefficient (Wildman–Crippen LogP) is 6.12. The molecule has 7 heteroatoms. The summed E-state index contributed by atoms with van der Waals surface area (Å²) in [4.78, 5) is 0. The van der Waals surface area contributed by atoms with Crippen LogP contribution < -0.4 is 14.8 Å². The smallest absolute Gasteiger partial charge is 0.175 e. The van der Waals surface area contributed by atoms with Crippen LogP contribution in [0.1, 0.15) is 38.3 Å². The van der Waals surface area contributed by atoms with Gasteiger partial charge in [-0.05, 0) is 79.5 Å². The molecule has 0 bridgehead atoms. The van der Waals surface area contributed by atoms with Crippen molar-refractivity contribution in [1.29, 1.82) is 0 Å². The lowest BCUT2D eigenvalue weighted by atomic mass is 10.2. The monoisotopic (exact) mass is 487 g/mol. The molecule has 0 heterocycles. The summed E-state index contributed by atoms with van der Waals surface area (Å²) in [6.07, 6.45) is 1.20. The second-order valence-electron chi connectivity index (χ2n) is 6.78.